The SMILES string of the molecule is CC(=O)N[C@H]1[C@H]([C@H](O)[C@H](O)CO)O[C@@](O[C@H]2[C@@H](O)[C@@H](CO)OC(O[C@H]3[C@@H](O)[C@@H](CO)OC(O[C@H](C)[C@H](N)C(=O)N4CCC[C@H]4C(=O)O)[C@@H]3NC(C)=O)[C@@H]2O)(C(=O)O)C[C@@H]1O. The highest BCUT2D eigenvalue weighted by Crippen LogP contribution is 2.38. The molecule has 0 aromatic heterocycles. The van der Waals surface area contributed by atoms with Crippen LogP contribution >= 0.6 is 0 Å². The molecule has 3 amide bonds. The van der Waals surface area contributed by atoms with Gasteiger partial charge in [-0.1, -0.05) is 0 Å². The van der Waals surface area contributed by atoms with Crippen LogP contribution in [0.2, 0.25) is 0 Å². The van der Waals surface area contributed by atoms with Crippen LogP contribution in [-0.2, 0) is 52.4 Å². The van der Waals surface area contributed by atoms with Gasteiger partial charge >= 0.3 is 11.9 Å². The van der Waals surface area contributed by atoms with E-state index in [1.807, 2.05) is 0 Å². The number of hydrogen-bond acceptors (Lipinski definition) is 21. The fourth-order valence-electron chi connectivity index (χ4n) is 7.64. The van der Waals surface area contributed by atoms with Crippen LogP contribution in [0.3, 0.4) is 0 Å². The van der Waals surface area contributed by atoms with Crippen molar-refractivity contribution in [3.05, 3.63) is 0 Å². The van der Waals surface area contributed by atoms with E-state index in [9.17, 15) is 80.1 Å². The Morgan fingerprint density at radius 3 is 1.97 bits per heavy atom. The zero-order valence-corrected chi connectivity index (χ0v) is 32.8. The summed E-state index contributed by atoms with van der Waals surface area (Å²) in [6.07, 6.45) is -27.4. The normalized spacial score (nSPS) is 39.2. The summed E-state index contributed by atoms with van der Waals surface area (Å²) in [7, 11) is 0. The number of carboxylic acid groups (broad SMARTS) is 2. The van der Waals surface area contributed by atoms with Gasteiger partial charge in [0.25, 0.3) is 5.79 Å². The summed E-state index contributed by atoms with van der Waals surface area (Å²) >= 11 is 0. The van der Waals surface area contributed by atoms with Gasteiger partial charge in [-0.05, 0) is 19.8 Å². The Kier molecular flexibility index (Phi) is 17.0. The monoisotopic (exact) mass is 872 g/mol. The lowest BCUT2D eigenvalue weighted by molar-refractivity contribution is -0.382. The molecule has 26 heteroatoms. The number of likely N-dealkylation sites (tertiary alicyclic amines) is 1. The van der Waals surface area contributed by atoms with Crippen LogP contribution in [0.1, 0.15) is 40.0 Å². The number of aliphatic hydroxyl groups excluding tert-OH is 9. The number of nitrogens with zero attached hydrogens (tertiary/aromatic N) is 1. The van der Waals surface area contributed by atoms with E-state index in [2.05, 4.69) is 10.6 Å². The summed E-state index contributed by atoms with van der Waals surface area (Å²) in [4.78, 5) is 63.4. The number of aliphatic hydroxyl groups is 9. The van der Waals surface area contributed by atoms with Crippen LogP contribution in [0.15, 0.2) is 0 Å². The number of hydrogen-bond donors (Lipinski definition) is 14. The van der Waals surface area contributed by atoms with Crippen molar-refractivity contribution in [3.63, 3.8) is 0 Å². The number of carboxylic acids is 2. The highest BCUT2D eigenvalue weighted by Gasteiger charge is 2.60. The number of amides is 3. The highest BCUT2D eigenvalue weighted by molar-refractivity contribution is 5.87. The number of rotatable bonds is 17. The molecule has 26 nitrogen and oxygen atoms in total. The molecule has 0 aliphatic carbocycles. The number of ether oxygens (including phenoxy) is 6. The van der Waals surface area contributed by atoms with E-state index < -0.39 is 172 Å². The molecule has 4 fully saturated rings. The molecular weight excluding hydrogens is 816 g/mol. The van der Waals surface area contributed by atoms with Gasteiger partial charge in [-0.2, -0.15) is 0 Å². The number of carbonyl (C=O) groups is 5. The molecule has 0 aromatic carbocycles. The first kappa shape index (κ1) is 49.4. The minimum absolute atomic E-state index is 0.102. The van der Waals surface area contributed by atoms with Gasteiger partial charge in [-0.15, -0.1) is 0 Å². The smallest absolute Gasteiger partial charge is 0.364 e. The van der Waals surface area contributed by atoms with Gasteiger partial charge in [0.2, 0.25) is 17.7 Å². The first-order chi connectivity index (χ1) is 28.1. The van der Waals surface area contributed by atoms with Gasteiger partial charge in [0, 0.05) is 26.8 Å². The lowest BCUT2D eigenvalue weighted by atomic mass is 9.88. The maximum Gasteiger partial charge on any atom is 0.364 e. The van der Waals surface area contributed by atoms with Crippen molar-refractivity contribution in [3.8, 4) is 0 Å². The molecule has 4 aliphatic heterocycles. The van der Waals surface area contributed by atoms with Crippen molar-refractivity contribution in [2.45, 2.75) is 156 Å². The number of nitrogens with one attached hydrogen (secondary N) is 2. The van der Waals surface area contributed by atoms with Crippen molar-refractivity contribution in [2.24, 2.45) is 5.73 Å². The molecule has 0 bridgehead atoms. The van der Waals surface area contributed by atoms with E-state index in [1.165, 1.54) is 6.92 Å². The van der Waals surface area contributed by atoms with Gasteiger partial charge < -0.3 is 106 Å². The van der Waals surface area contributed by atoms with Crippen LogP contribution in [-0.4, -0.2) is 233 Å². The molecule has 0 aromatic rings. The Bertz CT molecular complexity index is 1510. The molecule has 0 radical (unpaired) electrons. The van der Waals surface area contributed by atoms with Crippen LogP contribution in [0.5, 0.6) is 0 Å². The van der Waals surface area contributed by atoms with E-state index in [0.717, 1.165) is 18.7 Å². The highest BCUT2D eigenvalue weighted by atomic mass is 16.8. The quantitative estimate of drug-likeness (QED) is 0.0645. The second kappa shape index (κ2) is 20.7. The zero-order chi connectivity index (χ0) is 45.0. The summed E-state index contributed by atoms with van der Waals surface area (Å²) < 4.78 is 34.5. The molecule has 4 aliphatic rings. The summed E-state index contributed by atoms with van der Waals surface area (Å²) in [6.45, 7) is 0.443. The van der Waals surface area contributed by atoms with Crippen molar-refractivity contribution in [1.29, 1.82) is 0 Å². The maximum absolute atomic E-state index is 13.3. The Hall–Kier alpha value is -3.29. The molecule has 4 saturated heterocycles. The Labute approximate surface area is 341 Å². The van der Waals surface area contributed by atoms with E-state index in [0.29, 0.717) is 6.42 Å². The number of carbonyl (C=O) groups excluding carboxylic acids is 3. The summed E-state index contributed by atoms with van der Waals surface area (Å²) in [5, 5.41) is 121. The average molecular weight is 873 g/mol. The molecule has 15 N–H and O–H groups in total. The average Bonchev–Trinajstić information content (AvgIpc) is 3.69. The van der Waals surface area contributed by atoms with Gasteiger partial charge in [0.05, 0.1) is 38.1 Å². The minimum atomic E-state index is -3.12. The first-order valence-electron chi connectivity index (χ1n) is 19.1. The van der Waals surface area contributed by atoms with Crippen LogP contribution in [0.25, 0.3) is 0 Å². The van der Waals surface area contributed by atoms with E-state index in [1.54, 1.807) is 0 Å². The Morgan fingerprint density at radius 2 is 1.43 bits per heavy atom. The summed E-state index contributed by atoms with van der Waals surface area (Å²) in [6, 6.07) is -5.84. The second-order valence-electron chi connectivity index (χ2n) is 15.1. The maximum atomic E-state index is 13.3. The van der Waals surface area contributed by atoms with Crippen LogP contribution in [0, 0.1) is 0 Å². The fraction of sp³-hybridized carbons (Fsp3) is 0.853. The van der Waals surface area contributed by atoms with E-state index in [4.69, 9.17) is 34.2 Å². The Balaban J connectivity index is 1.65. The van der Waals surface area contributed by atoms with Crippen LogP contribution in [0.4, 0.5) is 0 Å². The standard InChI is InChI=1S/C34H56N4O22/c1-11(19(35)29(50)38-6-4-5-14(38)30(51)52)55-31-21(37-13(3)43)26(23(47)17(9-40)56-31)58-32-25(49)28(24(48)18(10-41)57-32)60-34(33(53)54)7-15(44)20(36-12(2)42)27(59-34)22(46)16(45)8-39/h11,14-28,31-32,39-41,44-49H,4-10,35H2,1-3H3,(H,36,42)(H,37,43)(H,51,52)(H,53,54)/t11-,14+,15+,16-,17-,18-,19+,20-,21-,22-,23+,24+,25-,26-,27-,28+,31?,32?,34+/m1/s1. The van der Waals surface area contributed by atoms with Crippen molar-refractivity contribution in [2.75, 3.05) is 26.4 Å². The first-order valence-corrected chi connectivity index (χ1v) is 19.1. The lowest BCUT2D eigenvalue weighted by Gasteiger charge is -2.51. The zero-order valence-electron chi connectivity index (χ0n) is 32.8. The molecule has 0 spiro atoms. The predicted octanol–water partition coefficient (Wildman–Crippen LogP) is -8.26. The van der Waals surface area contributed by atoms with Crippen LogP contribution < -0.4 is 16.4 Å². The molecule has 19 atom stereocenters. The second-order valence-corrected chi connectivity index (χ2v) is 15.1. The topological polar surface area (TPSA) is 417 Å². The fourth-order valence-corrected chi connectivity index (χ4v) is 7.64. The van der Waals surface area contributed by atoms with Gasteiger partial charge in [0.15, 0.2) is 12.6 Å². The summed E-state index contributed by atoms with van der Waals surface area (Å²) in [5.41, 5.74) is 6.20. The molecule has 344 valence electrons. The van der Waals surface area contributed by atoms with Crippen molar-refractivity contribution in [1.82, 2.24) is 15.5 Å². The Morgan fingerprint density at radius 1 is 0.867 bits per heavy atom. The van der Waals surface area contributed by atoms with Gasteiger partial charge in [-0.3, -0.25) is 14.4 Å². The molecule has 4 heterocycles. The molecule has 4 rings (SSSR count). The third kappa shape index (κ3) is 10.7. The van der Waals surface area contributed by atoms with Gasteiger partial charge in [0.1, 0.15) is 79.2 Å². The third-order valence-corrected chi connectivity index (χ3v) is 10.8. The largest absolute Gasteiger partial charge is 0.480 e. The summed E-state index contributed by atoms with van der Waals surface area (Å²) in [5.74, 6) is -8.72. The van der Waals surface area contributed by atoms with Gasteiger partial charge in [-0.25, -0.2) is 9.59 Å². The van der Waals surface area contributed by atoms with Crippen molar-refractivity contribution < 1.29 is 109 Å². The van der Waals surface area contributed by atoms with E-state index in [-0.39, 0.29) is 13.0 Å². The van der Waals surface area contributed by atoms with E-state index >= 15 is 0 Å². The molecular formula is C34H56N4O22. The number of aliphatic carboxylic acids is 2. The lowest BCUT2D eigenvalue weighted by Crippen LogP contribution is -2.71. The molecule has 60 heavy (non-hydrogen) atoms. The predicted molar refractivity (Wildman–Crippen MR) is 190 cm³/mol. The molecule has 0 saturated carbocycles. The molecule has 2 unspecified atom stereocenters. The third-order valence-electron chi connectivity index (χ3n) is 10.8. The minimum Gasteiger partial charge on any atom is -0.480 e. The van der Waals surface area contributed by atoms with Crippen molar-refractivity contribution >= 4 is 29.7 Å². The number of nitrogens with two attached hydrogens (primary N) is 1.